The van der Waals surface area contributed by atoms with Gasteiger partial charge >= 0.3 is 0 Å². The monoisotopic (exact) mass is 238 g/mol. The molecule has 4 nitrogen and oxygen atoms in total. The molecule has 0 bridgehead atoms. The molecule has 0 aliphatic heterocycles. The number of carbonyl (C=O) groups excluding carboxylic acids is 2. The Hall–Kier alpha value is -1.42. The van der Waals surface area contributed by atoms with E-state index >= 15 is 0 Å². The first-order chi connectivity index (χ1) is 8.02. The van der Waals surface area contributed by atoms with Crippen LogP contribution in [0.5, 0.6) is 0 Å². The zero-order valence-electron chi connectivity index (χ0n) is 10.9. The summed E-state index contributed by atoms with van der Waals surface area (Å²) < 4.78 is 0. The number of carbonyl (C=O) groups is 2. The van der Waals surface area contributed by atoms with Gasteiger partial charge in [0.05, 0.1) is 6.04 Å². The van der Waals surface area contributed by atoms with Gasteiger partial charge in [0.25, 0.3) is 0 Å². The van der Waals surface area contributed by atoms with Crippen LogP contribution in [0.4, 0.5) is 0 Å². The number of Topliss-reactive ketones (excluding diaryl/α,β-unsaturated/α-hetero) is 1. The van der Waals surface area contributed by atoms with Gasteiger partial charge in [0.1, 0.15) is 0 Å². The van der Waals surface area contributed by atoms with Crippen LogP contribution < -0.4 is 10.6 Å². The van der Waals surface area contributed by atoms with Crippen molar-refractivity contribution in [3.8, 4) is 0 Å². The summed E-state index contributed by atoms with van der Waals surface area (Å²) in [6.45, 7) is 7.82. The second-order valence-corrected chi connectivity index (χ2v) is 3.89. The molecule has 96 valence electrons. The molecule has 0 aliphatic rings. The van der Waals surface area contributed by atoms with Crippen LogP contribution in [0.15, 0.2) is 24.3 Å². The third-order valence-electron chi connectivity index (χ3n) is 2.40. The summed E-state index contributed by atoms with van der Waals surface area (Å²) in [7, 11) is 1.74. The Bertz CT molecular complexity index is 309. The van der Waals surface area contributed by atoms with Crippen LogP contribution in [0.25, 0.3) is 0 Å². The van der Waals surface area contributed by atoms with Gasteiger partial charge in [-0.1, -0.05) is 18.2 Å². The molecule has 0 saturated heterocycles. The van der Waals surface area contributed by atoms with E-state index in [-0.39, 0.29) is 17.7 Å². The Labute approximate surface area is 103 Å². The molecule has 0 spiro atoms. The third-order valence-corrected chi connectivity index (χ3v) is 2.40. The van der Waals surface area contributed by atoms with E-state index in [1.165, 1.54) is 6.08 Å². The zero-order chi connectivity index (χ0) is 13.3. The number of hydrogen-bond donors (Lipinski definition) is 2. The fourth-order valence-corrected chi connectivity index (χ4v) is 1.58. The Kier molecular flexibility index (Phi) is 7.97. The molecule has 0 aromatic carbocycles. The highest BCUT2D eigenvalue weighted by atomic mass is 16.1. The van der Waals surface area contributed by atoms with E-state index < -0.39 is 0 Å². The number of nitrogens with one attached hydrogen (secondary N) is 2. The van der Waals surface area contributed by atoms with Gasteiger partial charge in [0.15, 0.2) is 5.78 Å². The lowest BCUT2D eigenvalue weighted by molar-refractivity contribution is -0.118. The van der Waals surface area contributed by atoms with Crippen LogP contribution in [-0.2, 0) is 9.59 Å². The van der Waals surface area contributed by atoms with Gasteiger partial charge in [-0.15, -0.1) is 0 Å². The highest BCUT2D eigenvalue weighted by Crippen LogP contribution is 2.08. The van der Waals surface area contributed by atoms with Crippen LogP contribution in [0.2, 0.25) is 0 Å². The quantitative estimate of drug-likeness (QED) is 0.379. The smallest absolute Gasteiger partial charge is 0.243 e. The summed E-state index contributed by atoms with van der Waals surface area (Å²) in [5, 5.41) is 5.68. The average Bonchev–Trinajstić information content (AvgIpc) is 2.25. The second kappa shape index (κ2) is 8.70. The van der Waals surface area contributed by atoms with Crippen LogP contribution in [0.1, 0.15) is 26.7 Å². The Morgan fingerprint density at radius 3 is 2.53 bits per heavy atom. The second-order valence-electron chi connectivity index (χ2n) is 3.89. The normalized spacial score (nSPS) is 12.4. The SMILES string of the molecule is C=C(CCCNC(=O)/C=C/C)[C@H](NC)C(C)=O. The molecule has 0 saturated carbocycles. The van der Waals surface area contributed by atoms with Crippen molar-refractivity contribution in [1.82, 2.24) is 10.6 Å². The average molecular weight is 238 g/mol. The molecule has 1 atom stereocenters. The van der Waals surface area contributed by atoms with Crippen molar-refractivity contribution >= 4 is 11.7 Å². The minimum absolute atomic E-state index is 0.0652. The van der Waals surface area contributed by atoms with E-state index in [0.29, 0.717) is 6.54 Å². The molecule has 0 fully saturated rings. The van der Waals surface area contributed by atoms with Crippen molar-refractivity contribution in [2.75, 3.05) is 13.6 Å². The van der Waals surface area contributed by atoms with Crippen molar-refractivity contribution in [2.24, 2.45) is 0 Å². The maximum atomic E-state index is 11.2. The van der Waals surface area contributed by atoms with Gasteiger partial charge < -0.3 is 10.6 Å². The van der Waals surface area contributed by atoms with Crippen molar-refractivity contribution in [3.05, 3.63) is 24.3 Å². The van der Waals surface area contributed by atoms with Gasteiger partial charge in [-0.2, -0.15) is 0 Å². The van der Waals surface area contributed by atoms with Gasteiger partial charge in [-0.25, -0.2) is 0 Å². The summed E-state index contributed by atoms with van der Waals surface area (Å²) in [4.78, 5) is 22.3. The van der Waals surface area contributed by atoms with E-state index in [0.717, 1.165) is 18.4 Å². The highest BCUT2D eigenvalue weighted by molar-refractivity contribution is 5.87. The van der Waals surface area contributed by atoms with Crippen molar-refractivity contribution in [2.45, 2.75) is 32.7 Å². The molecule has 0 rings (SSSR count). The lowest BCUT2D eigenvalue weighted by atomic mass is 10.0. The van der Waals surface area contributed by atoms with Crippen LogP contribution >= 0.6 is 0 Å². The summed E-state index contributed by atoms with van der Waals surface area (Å²) in [5.41, 5.74) is 0.861. The molecule has 2 N–H and O–H groups in total. The van der Waals surface area contributed by atoms with Crippen molar-refractivity contribution in [3.63, 3.8) is 0 Å². The largest absolute Gasteiger partial charge is 0.353 e. The topological polar surface area (TPSA) is 58.2 Å². The summed E-state index contributed by atoms with van der Waals surface area (Å²) in [6, 6.07) is -0.277. The van der Waals surface area contributed by atoms with Crippen molar-refractivity contribution in [1.29, 1.82) is 0 Å². The Morgan fingerprint density at radius 1 is 1.41 bits per heavy atom. The van der Waals surface area contributed by atoms with Gasteiger partial charge in [0, 0.05) is 6.54 Å². The molecule has 0 heterocycles. The number of allylic oxidation sites excluding steroid dienone is 1. The van der Waals surface area contributed by atoms with E-state index in [9.17, 15) is 9.59 Å². The minimum Gasteiger partial charge on any atom is -0.353 e. The standard InChI is InChI=1S/C13H22N2O2/c1-5-7-12(17)15-9-6-8-10(2)13(14-4)11(3)16/h5,7,13-14H,2,6,8-9H2,1,3-4H3,(H,15,17)/b7-5+/t13-/m0/s1. The van der Waals surface area contributed by atoms with E-state index in [2.05, 4.69) is 17.2 Å². The first-order valence-corrected chi connectivity index (χ1v) is 5.78. The van der Waals surface area contributed by atoms with Gasteiger partial charge in [-0.3, -0.25) is 9.59 Å². The van der Waals surface area contributed by atoms with Crippen LogP contribution in [-0.4, -0.2) is 31.3 Å². The number of ketones is 1. The number of amides is 1. The Morgan fingerprint density at radius 2 is 2.06 bits per heavy atom. The predicted molar refractivity (Wildman–Crippen MR) is 69.7 cm³/mol. The van der Waals surface area contributed by atoms with Gasteiger partial charge in [0.2, 0.25) is 5.91 Å². The number of likely N-dealkylation sites (N-methyl/N-ethyl adjacent to an activating group) is 1. The lowest BCUT2D eigenvalue weighted by Crippen LogP contribution is -2.34. The molecule has 0 aromatic rings. The first-order valence-electron chi connectivity index (χ1n) is 5.78. The van der Waals surface area contributed by atoms with Crippen LogP contribution in [0, 0.1) is 0 Å². The lowest BCUT2D eigenvalue weighted by Gasteiger charge is -2.15. The maximum Gasteiger partial charge on any atom is 0.243 e. The fourth-order valence-electron chi connectivity index (χ4n) is 1.58. The number of hydrogen-bond acceptors (Lipinski definition) is 3. The molecular formula is C13H22N2O2. The molecular weight excluding hydrogens is 216 g/mol. The molecule has 0 radical (unpaired) electrons. The van der Waals surface area contributed by atoms with Crippen LogP contribution in [0.3, 0.4) is 0 Å². The van der Waals surface area contributed by atoms with Crippen molar-refractivity contribution < 1.29 is 9.59 Å². The Balaban J connectivity index is 3.85. The molecule has 17 heavy (non-hydrogen) atoms. The molecule has 1 amide bonds. The molecule has 4 heteroatoms. The minimum atomic E-state index is -0.277. The van der Waals surface area contributed by atoms with Gasteiger partial charge in [-0.05, 0) is 39.8 Å². The summed E-state index contributed by atoms with van der Waals surface area (Å²) in [6.07, 6.45) is 4.69. The molecule has 0 unspecified atom stereocenters. The fraction of sp³-hybridized carbons (Fsp3) is 0.538. The number of rotatable bonds is 8. The molecule has 0 aromatic heterocycles. The highest BCUT2D eigenvalue weighted by Gasteiger charge is 2.14. The zero-order valence-corrected chi connectivity index (χ0v) is 10.9. The third kappa shape index (κ3) is 6.68. The molecule has 0 aliphatic carbocycles. The van der Waals surface area contributed by atoms with E-state index in [1.807, 2.05) is 0 Å². The summed E-state index contributed by atoms with van der Waals surface area (Å²) >= 11 is 0. The maximum absolute atomic E-state index is 11.2. The van der Waals surface area contributed by atoms with E-state index in [4.69, 9.17) is 0 Å². The van der Waals surface area contributed by atoms with E-state index in [1.54, 1.807) is 27.0 Å². The predicted octanol–water partition coefficient (Wildman–Crippen LogP) is 1.19. The summed E-state index contributed by atoms with van der Waals surface area (Å²) in [5.74, 6) is -0.0229. The first kappa shape index (κ1) is 15.6.